The van der Waals surface area contributed by atoms with E-state index in [1.807, 2.05) is 18.2 Å². The molecule has 1 aromatic carbocycles. The van der Waals surface area contributed by atoms with Crippen molar-refractivity contribution in [2.24, 2.45) is 0 Å². The Morgan fingerprint density at radius 1 is 1.24 bits per heavy atom. The molecule has 1 saturated heterocycles. The van der Waals surface area contributed by atoms with Gasteiger partial charge in [-0.05, 0) is 12.0 Å². The Morgan fingerprint density at radius 3 is 2.82 bits per heavy atom. The summed E-state index contributed by atoms with van der Waals surface area (Å²) in [6, 6.07) is 12.8. The minimum atomic E-state index is 0.211. The first kappa shape index (κ1) is 12.1. The Hall–Kier alpha value is -1.37. The van der Waals surface area contributed by atoms with Crippen molar-refractivity contribution in [3.63, 3.8) is 0 Å². The van der Waals surface area contributed by atoms with Gasteiger partial charge in [0.05, 0.1) is 19.1 Å². The first-order chi connectivity index (χ1) is 8.42. The molecule has 1 fully saturated rings. The molecule has 0 spiro atoms. The number of hydrogen-bond donors (Lipinski definition) is 0. The number of nitriles is 1. The standard InChI is InChI=1S/C14H18N2O/c15-8-7-14(13-5-2-1-3-6-13)16-9-4-11-17-12-10-16/h1-3,5-6,14H,4,7,9-12H2. The number of ether oxygens (including phenoxy) is 1. The van der Waals surface area contributed by atoms with Crippen LogP contribution in [0.5, 0.6) is 0 Å². The molecule has 0 saturated carbocycles. The van der Waals surface area contributed by atoms with Crippen LogP contribution in [0.15, 0.2) is 30.3 Å². The van der Waals surface area contributed by atoms with Gasteiger partial charge in [0.25, 0.3) is 0 Å². The van der Waals surface area contributed by atoms with E-state index in [1.165, 1.54) is 5.56 Å². The van der Waals surface area contributed by atoms with Crippen LogP contribution in [-0.2, 0) is 4.74 Å². The van der Waals surface area contributed by atoms with Gasteiger partial charge in [-0.3, -0.25) is 4.90 Å². The van der Waals surface area contributed by atoms with Crippen molar-refractivity contribution in [3.8, 4) is 6.07 Å². The van der Waals surface area contributed by atoms with Crippen LogP contribution in [0.4, 0.5) is 0 Å². The second-order valence-electron chi connectivity index (χ2n) is 4.29. The third-order valence-electron chi connectivity index (χ3n) is 3.17. The summed E-state index contributed by atoms with van der Waals surface area (Å²) in [4.78, 5) is 2.37. The van der Waals surface area contributed by atoms with Gasteiger partial charge >= 0.3 is 0 Å². The van der Waals surface area contributed by atoms with E-state index >= 15 is 0 Å². The molecule has 1 unspecified atom stereocenters. The molecule has 2 rings (SSSR count). The number of benzene rings is 1. The molecule has 90 valence electrons. The third-order valence-corrected chi connectivity index (χ3v) is 3.17. The first-order valence-corrected chi connectivity index (χ1v) is 6.15. The van der Waals surface area contributed by atoms with E-state index in [4.69, 9.17) is 10.00 Å². The van der Waals surface area contributed by atoms with Gasteiger partial charge in [-0.15, -0.1) is 0 Å². The van der Waals surface area contributed by atoms with E-state index in [2.05, 4.69) is 23.1 Å². The van der Waals surface area contributed by atoms with Gasteiger partial charge < -0.3 is 4.74 Å². The van der Waals surface area contributed by atoms with E-state index in [0.29, 0.717) is 6.42 Å². The molecule has 0 aromatic heterocycles. The zero-order valence-corrected chi connectivity index (χ0v) is 10.0. The summed E-state index contributed by atoms with van der Waals surface area (Å²) < 4.78 is 5.46. The monoisotopic (exact) mass is 230 g/mol. The average Bonchev–Trinajstić information content (AvgIpc) is 2.66. The number of rotatable bonds is 3. The van der Waals surface area contributed by atoms with Gasteiger partial charge in [0, 0.05) is 25.7 Å². The van der Waals surface area contributed by atoms with E-state index in [-0.39, 0.29) is 6.04 Å². The van der Waals surface area contributed by atoms with E-state index < -0.39 is 0 Å². The van der Waals surface area contributed by atoms with Gasteiger partial charge in [0.1, 0.15) is 0 Å². The van der Waals surface area contributed by atoms with Crippen LogP contribution in [0.2, 0.25) is 0 Å². The first-order valence-electron chi connectivity index (χ1n) is 6.15. The topological polar surface area (TPSA) is 36.3 Å². The van der Waals surface area contributed by atoms with Crippen molar-refractivity contribution in [1.82, 2.24) is 4.90 Å². The molecular weight excluding hydrogens is 212 g/mol. The quantitative estimate of drug-likeness (QED) is 0.799. The summed E-state index contributed by atoms with van der Waals surface area (Å²) in [7, 11) is 0. The van der Waals surface area contributed by atoms with Crippen LogP contribution < -0.4 is 0 Å². The van der Waals surface area contributed by atoms with E-state index in [1.54, 1.807) is 0 Å². The van der Waals surface area contributed by atoms with Gasteiger partial charge in [0.15, 0.2) is 0 Å². The van der Waals surface area contributed by atoms with E-state index in [9.17, 15) is 0 Å². The van der Waals surface area contributed by atoms with Crippen LogP contribution in [0, 0.1) is 11.3 Å². The number of nitrogens with zero attached hydrogens (tertiary/aromatic N) is 2. The molecule has 17 heavy (non-hydrogen) atoms. The Kier molecular flexibility index (Phi) is 4.54. The molecule has 0 amide bonds. The summed E-state index contributed by atoms with van der Waals surface area (Å²) in [5, 5.41) is 8.99. The highest BCUT2D eigenvalue weighted by atomic mass is 16.5. The fourth-order valence-electron chi connectivity index (χ4n) is 2.30. The summed E-state index contributed by atoms with van der Waals surface area (Å²) >= 11 is 0. The highest BCUT2D eigenvalue weighted by molar-refractivity contribution is 5.20. The molecule has 3 nitrogen and oxygen atoms in total. The SMILES string of the molecule is N#CCC(c1ccccc1)N1CCCOCC1. The molecule has 0 bridgehead atoms. The van der Waals surface area contributed by atoms with Crippen LogP contribution in [0.25, 0.3) is 0 Å². The fourth-order valence-corrected chi connectivity index (χ4v) is 2.30. The van der Waals surface area contributed by atoms with Crippen LogP contribution in [-0.4, -0.2) is 31.2 Å². The Balaban J connectivity index is 2.13. The maximum Gasteiger partial charge on any atom is 0.0641 e. The van der Waals surface area contributed by atoms with Crippen LogP contribution >= 0.6 is 0 Å². The Labute approximate surface area is 103 Å². The molecule has 1 atom stereocenters. The lowest BCUT2D eigenvalue weighted by molar-refractivity contribution is 0.132. The predicted molar refractivity (Wildman–Crippen MR) is 66.4 cm³/mol. The van der Waals surface area contributed by atoms with Crippen molar-refractivity contribution >= 4 is 0 Å². The second kappa shape index (κ2) is 6.39. The van der Waals surface area contributed by atoms with E-state index in [0.717, 1.165) is 32.7 Å². The fraction of sp³-hybridized carbons (Fsp3) is 0.500. The lowest BCUT2D eigenvalue weighted by Crippen LogP contribution is -2.31. The van der Waals surface area contributed by atoms with Crippen molar-refractivity contribution < 1.29 is 4.74 Å². The maximum atomic E-state index is 8.99. The maximum absolute atomic E-state index is 8.99. The van der Waals surface area contributed by atoms with Crippen molar-refractivity contribution in [1.29, 1.82) is 5.26 Å². The minimum absolute atomic E-state index is 0.211. The second-order valence-corrected chi connectivity index (χ2v) is 4.29. The van der Waals surface area contributed by atoms with Crippen LogP contribution in [0.1, 0.15) is 24.4 Å². The Morgan fingerprint density at radius 2 is 2.06 bits per heavy atom. The molecule has 1 heterocycles. The molecule has 0 N–H and O–H groups in total. The molecule has 1 aromatic rings. The average molecular weight is 230 g/mol. The lowest BCUT2D eigenvalue weighted by atomic mass is 10.0. The summed E-state index contributed by atoms with van der Waals surface area (Å²) in [5.41, 5.74) is 1.23. The third kappa shape index (κ3) is 3.29. The summed E-state index contributed by atoms with van der Waals surface area (Å²) in [5.74, 6) is 0. The molecule has 0 aliphatic carbocycles. The van der Waals surface area contributed by atoms with Gasteiger partial charge in [-0.1, -0.05) is 30.3 Å². The highest BCUT2D eigenvalue weighted by Crippen LogP contribution is 2.24. The molecular formula is C14H18N2O. The highest BCUT2D eigenvalue weighted by Gasteiger charge is 2.21. The predicted octanol–water partition coefficient (Wildman–Crippen LogP) is 2.36. The van der Waals surface area contributed by atoms with Gasteiger partial charge in [-0.2, -0.15) is 5.26 Å². The molecule has 1 aliphatic heterocycles. The van der Waals surface area contributed by atoms with Crippen molar-refractivity contribution in [3.05, 3.63) is 35.9 Å². The van der Waals surface area contributed by atoms with Crippen molar-refractivity contribution in [2.45, 2.75) is 18.9 Å². The zero-order valence-electron chi connectivity index (χ0n) is 10.0. The minimum Gasteiger partial charge on any atom is -0.380 e. The molecule has 0 radical (unpaired) electrons. The smallest absolute Gasteiger partial charge is 0.0641 e. The van der Waals surface area contributed by atoms with Gasteiger partial charge in [-0.25, -0.2) is 0 Å². The normalized spacial score (nSPS) is 19.2. The lowest BCUT2D eigenvalue weighted by Gasteiger charge is -2.28. The van der Waals surface area contributed by atoms with Gasteiger partial charge in [0.2, 0.25) is 0 Å². The number of hydrogen-bond acceptors (Lipinski definition) is 3. The summed E-state index contributed by atoms with van der Waals surface area (Å²) in [6.07, 6.45) is 1.60. The summed E-state index contributed by atoms with van der Waals surface area (Å²) in [6.45, 7) is 3.54. The Bertz CT molecular complexity index is 364. The van der Waals surface area contributed by atoms with Crippen LogP contribution in [0.3, 0.4) is 0 Å². The van der Waals surface area contributed by atoms with Crippen molar-refractivity contribution in [2.75, 3.05) is 26.3 Å². The largest absolute Gasteiger partial charge is 0.380 e. The molecule has 3 heteroatoms. The molecule has 1 aliphatic rings. The zero-order chi connectivity index (χ0) is 11.9.